The first kappa shape index (κ1) is 10.8. The zero-order valence-electron chi connectivity index (χ0n) is 9.57. The Morgan fingerprint density at radius 1 is 1.44 bits per heavy atom. The van der Waals surface area contributed by atoms with E-state index in [4.69, 9.17) is 5.73 Å². The topological polar surface area (TPSA) is 67.6 Å². The van der Waals surface area contributed by atoms with Crippen molar-refractivity contribution in [3.05, 3.63) is 47.0 Å². The highest BCUT2D eigenvalue weighted by Gasteiger charge is 2.07. The van der Waals surface area contributed by atoms with Crippen LogP contribution < -0.4 is 5.73 Å². The standard InChI is InChI=1S/C12H16N4/c1-8-4-3-5-10(6-8)7-11-14-12(9(2)13)16-15-11/h3-6,9H,7,13H2,1-2H3,(H,14,15,16). The Kier molecular flexibility index (Phi) is 3.01. The van der Waals surface area contributed by atoms with Gasteiger partial charge in [0.25, 0.3) is 0 Å². The first-order valence-electron chi connectivity index (χ1n) is 5.37. The van der Waals surface area contributed by atoms with Crippen LogP contribution in [0.15, 0.2) is 24.3 Å². The Bertz CT molecular complexity index is 473. The summed E-state index contributed by atoms with van der Waals surface area (Å²) >= 11 is 0. The lowest BCUT2D eigenvalue weighted by Crippen LogP contribution is -2.06. The molecule has 1 heterocycles. The van der Waals surface area contributed by atoms with Crippen LogP contribution >= 0.6 is 0 Å². The van der Waals surface area contributed by atoms with Crippen molar-refractivity contribution in [1.82, 2.24) is 15.2 Å². The van der Waals surface area contributed by atoms with Crippen LogP contribution in [0.25, 0.3) is 0 Å². The molecule has 2 rings (SSSR count). The number of nitrogens with one attached hydrogen (secondary N) is 1. The van der Waals surface area contributed by atoms with Gasteiger partial charge in [0.1, 0.15) is 5.82 Å². The van der Waals surface area contributed by atoms with E-state index in [0.717, 1.165) is 12.2 Å². The van der Waals surface area contributed by atoms with Crippen molar-refractivity contribution >= 4 is 0 Å². The van der Waals surface area contributed by atoms with Crippen molar-refractivity contribution in [2.45, 2.75) is 26.3 Å². The molecule has 4 nitrogen and oxygen atoms in total. The molecular weight excluding hydrogens is 200 g/mol. The summed E-state index contributed by atoms with van der Waals surface area (Å²) in [4.78, 5) is 4.34. The molecule has 0 fully saturated rings. The highest BCUT2D eigenvalue weighted by molar-refractivity contribution is 5.24. The lowest BCUT2D eigenvalue weighted by molar-refractivity contribution is 0.744. The molecular formula is C12H16N4. The van der Waals surface area contributed by atoms with Crippen molar-refractivity contribution in [1.29, 1.82) is 0 Å². The number of hydrogen-bond acceptors (Lipinski definition) is 3. The molecule has 0 saturated heterocycles. The van der Waals surface area contributed by atoms with Gasteiger partial charge in [-0.1, -0.05) is 29.8 Å². The minimum atomic E-state index is -0.123. The highest BCUT2D eigenvalue weighted by atomic mass is 15.2. The number of nitrogens with two attached hydrogens (primary N) is 1. The summed E-state index contributed by atoms with van der Waals surface area (Å²) in [5.74, 6) is 1.53. The van der Waals surface area contributed by atoms with Crippen molar-refractivity contribution < 1.29 is 0 Å². The zero-order valence-corrected chi connectivity index (χ0v) is 9.57. The lowest BCUT2D eigenvalue weighted by atomic mass is 10.1. The highest BCUT2D eigenvalue weighted by Crippen LogP contribution is 2.09. The smallest absolute Gasteiger partial charge is 0.167 e. The minimum Gasteiger partial charge on any atom is -0.321 e. The number of H-pyrrole nitrogens is 1. The van der Waals surface area contributed by atoms with Crippen molar-refractivity contribution in [2.24, 2.45) is 5.73 Å². The monoisotopic (exact) mass is 216 g/mol. The second kappa shape index (κ2) is 4.45. The maximum absolute atomic E-state index is 5.70. The predicted octanol–water partition coefficient (Wildman–Crippen LogP) is 1.72. The number of rotatable bonds is 3. The Labute approximate surface area is 94.9 Å². The number of benzene rings is 1. The molecule has 0 aliphatic heterocycles. The lowest BCUT2D eigenvalue weighted by Gasteiger charge is -1.99. The zero-order chi connectivity index (χ0) is 11.5. The van der Waals surface area contributed by atoms with Gasteiger partial charge in [0.05, 0.1) is 6.04 Å². The van der Waals surface area contributed by atoms with Crippen molar-refractivity contribution in [3.63, 3.8) is 0 Å². The summed E-state index contributed by atoms with van der Waals surface area (Å²) in [6.45, 7) is 3.96. The van der Waals surface area contributed by atoms with Crippen LogP contribution in [0.4, 0.5) is 0 Å². The molecule has 16 heavy (non-hydrogen) atoms. The van der Waals surface area contributed by atoms with Crippen LogP contribution in [-0.2, 0) is 6.42 Å². The number of nitrogens with zero attached hydrogens (tertiary/aromatic N) is 2. The second-order valence-corrected chi connectivity index (χ2v) is 4.09. The summed E-state index contributed by atoms with van der Waals surface area (Å²) in [7, 11) is 0. The molecule has 4 heteroatoms. The molecule has 0 amide bonds. The molecule has 84 valence electrons. The van der Waals surface area contributed by atoms with E-state index in [0.29, 0.717) is 5.82 Å². The van der Waals surface area contributed by atoms with Gasteiger partial charge >= 0.3 is 0 Å². The van der Waals surface area contributed by atoms with Crippen LogP contribution in [0.2, 0.25) is 0 Å². The molecule has 2 aromatic rings. The average Bonchev–Trinajstić information content (AvgIpc) is 2.66. The first-order chi connectivity index (χ1) is 7.65. The molecule has 1 unspecified atom stereocenters. The summed E-state index contributed by atoms with van der Waals surface area (Å²) in [6.07, 6.45) is 0.765. The van der Waals surface area contributed by atoms with Gasteiger partial charge in [-0.3, -0.25) is 5.10 Å². The van der Waals surface area contributed by atoms with E-state index in [2.05, 4.69) is 40.3 Å². The first-order valence-corrected chi connectivity index (χ1v) is 5.37. The van der Waals surface area contributed by atoms with E-state index < -0.39 is 0 Å². The normalized spacial score (nSPS) is 12.7. The van der Waals surface area contributed by atoms with Gasteiger partial charge in [-0.15, -0.1) is 0 Å². The molecule has 1 atom stereocenters. The summed E-state index contributed by atoms with van der Waals surface area (Å²) in [5.41, 5.74) is 8.18. The van der Waals surface area contributed by atoms with E-state index in [-0.39, 0.29) is 6.04 Å². The number of aromatic nitrogens is 3. The van der Waals surface area contributed by atoms with Gasteiger partial charge in [0, 0.05) is 6.42 Å². The minimum absolute atomic E-state index is 0.123. The molecule has 0 spiro atoms. The molecule has 1 aromatic carbocycles. The van der Waals surface area contributed by atoms with Crippen LogP contribution in [-0.4, -0.2) is 15.2 Å². The number of aromatic amines is 1. The second-order valence-electron chi connectivity index (χ2n) is 4.09. The van der Waals surface area contributed by atoms with Gasteiger partial charge in [-0.25, -0.2) is 4.98 Å². The average molecular weight is 216 g/mol. The molecule has 0 aliphatic rings. The molecule has 1 aromatic heterocycles. The van der Waals surface area contributed by atoms with E-state index in [1.165, 1.54) is 11.1 Å². The SMILES string of the molecule is Cc1cccc(Cc2nc(C(C)N)n[nH]2)c1. The van der Waals surface area contributed by atoms with Gasteiger partial charge in [0.2, 0.25) is 0 Å². The Balaban J connectivity index is 2.14. The third-order valence-electron chi connectivity index (χ3n) is 2.41. The van der Waals surface area contributed by atoms with Crippen LogP contribution in [0, 0.1) is 6.92 Å². The number of hydrogen-bond donors (Lipinski definition) is 2. The molecule has 3 N–H and O–H groups in total. The molecule has 0 radical (unpaired) electrons. The fraction of sp³-hybridized carbons (Fsp3) is 0.333. The van der Waals surface area contributed by atoms with Crippen molar-refractivity contribution in [2.75, 3.05) is 0 Å². The van der Waals surface area contributed by atoms with Crippen molar-refractivity contribution in [3.8, 4) is 0 Å². The third-order valence-corrected chi connectivity index (χ3v) is 2.41. The van der Waals surface area contributed by atoms with E-state index in [1.54, 1.807) is 0 Å². The number of aryl methyl sites for hydroxylation is 1. The Hall–Kier alpha value is -1.68. The summed E-state index contributed by atoms with van der Waals surface area (Å²) in [6, 6.07) is 8.24. The van der Waals surface area contributed by atoms with Gasteiger partial charge in [-0.05, 0) is 19.4 Å². The maximum atomic E-state index is 5.70. The van der Waals surface area contributed by atoms with E-state index in [1.807, 2.05) is 13.0 Å². The van der Waals surface area contributed by atoms with E-state index >= 15 is 0 Å². The fourth-order valence-corrected chi connectivity index (χ4v) is 1.61. The Morgan fingerprint density at radius 3 is 2.88 bits per heavy atom. The Morgan fingerprint density at radius 2 is 2.25 bits per heavy atom. The van der Waals surface area contributed by atoms with E-state index in [9.17, 15) is 0 Å². The third kappa shape index (κ3) is 2.46. The molecule has 0 aliphatic carbocycles. The predicted molar refractivity (Wildman–Crippen MR) is 63.0 cm³/mol. The quantitative estimate of drug-likeness (QED) is 0.821. The van der Waals surface area contributed by atoms with Gasteiger partial charge in [-0.2, -0.15) is 5.10 Å². The van der Waals surface area contributed by atoms with Crippen LogP contribution in [0.3, 0.4) is 0 Å². The van der Waals surface area contributed by atoms with Gasteiger partial charge in [0.15, 0.2) is 5.82 Å². The summed E-state index contributed by atoms with van der Waals surface area (Å²) < 4.78 is 0. The van der Waals surface area contributed by atoms with Crippen LogP contribution in [0.5, 0.6) is 0 Å². The molecule has 0 bridgehead atoms. The summed E-state index contributed by atoms with van der Waals surface area (Å²) in [5, 5.41) is 6.99. The fourth-order valence-electron chi connectivity index (χ4n) is 1.61. The molecule has 0 saturated carbocycles. The maximum Gasteiger partial charge on any atom is 0.167 e. The van der Waals surface area contributed by atoms with Crippen LogP contribution in [0.1, 0.15) is 35.7 Å². The van der Waals surface area contributed by atoms with Gasteiger partial charge < -0.3 is 5.73 Å². The largest absolute Gasteiger partial charge is 0.321 e.